The van der Waals surface area contributed by atoms with Gasteiger partial charge in [-0.15, -0.1) is 0 Å². The molecule has 98 valence electrons. The molecule has 0 atom stereocenters. The van der Waals surface area contributed by atoms with Gasteiger partial charge in [0, 0.05) is 25.0 Å². The van der Waals surface area contributed by atoms with Crippen LogP contribution >= 0.6 is 0 Å². The number of nitrogens with zero attached hydrogens (tertiary/aromatic N) is 1. The molecule has 0 bridgehead atoms. The topological polar surface area (TPSA) is 95.7 Å². The van der Waals surface area contributed by atoms with Crippen molar-refractivity contribution in [3.8, 4) is 0 Å². The van der Waals surface area contributed by atoms with E-state index in [1.807, 2.05) is 6.92 Å². The average Bonchev–Trinajstić information content (AvgIpc) is 2.29. The summed E-state index contributed by atoms with van der Waals surface area (Å²) in [5.41, 5.74) is 6.44. The molecule has 0 heterocycles. The molecule has 1 aromatic carbocycles. The van der Waals surface area contributed by atoms with Crippen LogP contribution in [0, 0.1) is 0 Å². The lowest BCUT2D eigenvalue weighted by molar-refractivity contribution is -0.119. The van der Waals surface area contributed by atoms with E-state index in [1.54, 1.807) is 18.0 Å². The van der Waals surface area contributed by atoms with Crippen LogP contribution in [0.4, 0.5) is 11.4 Å². The largest absolute Gasteiger partial charge is 0.478 e. The SMILES string of the molecule is CCNC(=O)CN(C)c1ccc(N)c(C(=O)O)c1. The average molecular weight is 251 g/mol. The van der Waals surface area contributed by atoms with Crippen molar-refractivity contribution in [3.05, 3.63) is 23.8 Å². The fourth-order valence-corrected chi connectivity index (χ4v) is 1.53. The quantitative estimate of drug-likeness (QED) is 0.664. The van der Waals surface area contributed by atoms with Crippen molar-refractivity contribution in [3.63, 3.8) is 0 Å². The number of anilines is 2. The lowest BCUT2D eigenvalue weighted by Gasteiger charge is -2.19. The van der Waals surface area contributed by atoms with Crippen LogP contribution in [0.15, 0.2) is 18.2 Å². The van der Waals surface area contributed by atoms with E-state index in [2.05, 4.69) is 5.32 Å². The molecule has 0 aromatic heterocycles. The van der Waals surface area contributed by atoms with E-state index >= 15 is 0 Å². The zero-order chi connectivity index (χ0) is 13.7. The van der Waals surface area contributed by atoms with Crippen LogP contribution in [0.25, 0.3) is 0 Å². The summed E-state index contributed by atoms with van der Waals surface area (Å²) in [4.78, 5) is 24.0. The van der Waals surface area contributed by atoms with E-state index in [-0.39, 0.29) is 23.7 Å². The van der Waals surface area contributed by atoms with Crippen molar-refractivity contribution < 1.29 is 14.7 Å². The third-order valence-corrected chi connectivity index (χ3v) is 2.46. The predicted octanol–water partition coefficient (Wildman–Crippen LogP) is 0.539. The van der Waals surface area contributed by atoms with E-state index in [4.69, 9.17) is 10.8 Å². The van der Waals surface area contributed by atoms with Gasteiger partial charge in [-0.3, -0.25) is 4.79 Å². The van der Waals surface area contributed by atoms with Gasteiger partial charge in [-0.2, -0.15) is 0 Å². The Bertz CT molecular complexity index is 460. The molecule has 18 heavy (non-hydrogen) atoms. The number of hydrogen-bond donors (Lipinski definition) is 3. The highest BCUT2D eigenvalue weighted by Gasteiger charge is 2.12. The summed E-state index contributed by atoms with van der Waals surface area (Å²) in [5, 5.41) is 11.6. The van der Waals surface area contributed by atoms with Gasteiger partial charge in [-0.05, 0) is 25.1 Å². The molecule has 0 saturated heterocycles. The van der Waals surface area contributed by atoms with E-state index in [0.717, 1.165) is 0 Å². The molecular formula is C12H17N3O3. The Morgan fingerprint density at radius 2 is 2.11 bits per heavy atom. The molecule has 0 aliphatic rings. The van der Waals surface area contributed by atoms with Gasteiger partial charge >= 0.3 is 5.97 Å². The van der Waals surface area contributed by atoms with Gasteiger partial charge in [0.15, 0.2) is 0 Å². The minimum Gasteiger partial charge on any atom is -0.478 e. The van der Waals surface area contributed by atoms with Crippen LogP contribution in [0.1, 0.15) is 17.3 Å². The smallest absolute Gasteiger partial charge is 0.337 e. The van der Waals surface area contributed by atoms with Crippen molar-refractivity contribution in [1.82, 2.24) is 5.32 Å². The number of aromatic carboxylic acids is 1. The normalized spacial score (nSPS) is 9.89. The first kappa shape index (κ1) is 13.8. The Morgan fingerprint density at radius 1 is 1.44 bits per heavy atom. The van der Waals surface area contributed by atoms with Gasteiger partial charge in [-0.1, -0.05) is 0 Å². The van der Waals surface area contributed by atoms with E-state index in [0.29, 0.717) is 12.2 Å². The Kier molecular flexibility index (Phi) is 4.53. The standard InChI is InChI=1S/C12H17N3O3/c1-3-14-11(16)7-15(2)8-4-5-10(13)9(6-8)12(17)18/h4-6H,3,7,13H2,1-2H3,(H,14,16)(H,17,18). The Labute approximate surface area is 105 Å². The Hall–Kier alpha value is -2.24. The van der Waals surface area contributed by atoms with Crippen LogP contribution in [-0.4, -0.2) is 37.1 Å². The second kappa shape index (κ2) is 5.90. The number of rotatable bonds is 5. The lowest BCUT2D eigenvalue weighted by atomic mass is 10.1. The summed E-state index contributed by atoms with van der Waals surface area (Å²) in [5.74, 6) is -1.20. The number of nitrogen functional groups attached to an aromatic ring is 1. The van der Waals surface area contributed by atoms with Gasteiger partial charge in [0.25, 0.3) is 0 Å². The van der Waals surface area contributed by atoms with Crippen LogP contribution in [0.5, 0.6) is 0 Å². The maximum Gasteiger partial charge on any atom is 0.337 e. The number of carboxylic acids is 1. The van der Waals surface area contributed by atoms with Crippen molar-refractivity contribution >= 4 is 23.3 Å². The molecule has 0 radical (unpaired) electrons. The number of nitrogens with one attached hydrogen (secondary N) is 1. The monoisotopic (exact) mass is 251 g/mol. The molecule has 0 saturated carbocycles. The molecule has 1 amide bonds. The molecule has 0 aliphatic carbocycles. The predicted molar refractivity (Wildman–Crippen MR) is 69.8 cm³/mol. The highest BCUT2D eigenvalue weighted by atomic mass is 16.4. The third-order valence-electron chi connectivity index (χ3n) is 2.46. The highest BCUT2D eigenvalue weighted by Crippen LogP contribution is 2.20. The number of carbonyl (C=O) groups excluding carboxylic acids is 1. The second-order valence-electron chi connectivity index (χ2n) is 3.89. The number of carbonyl (C=O) groups is 2. The van der Waals surface area contributed by atoms with Crippen LogP contribution in [-0.2, 0) is 4.79 Å². The summed E-state index contributed by atoms with van der Waals surface area (Å²) < 4.78 is 0. The summed E-state index contributed by atoms with van der Waals surface area (Å²) in [6.07, 6.45) is 0. The minimum atomic E-state index is -1.08. The van der Waals surface area contributed by atoms with Gasteiger partial charge in [0.1, 0.15) is 0 Å². The summed E-state index contributed by atoms with van der Waals surface area (Å²) in [6, 6.07) is 4.66. The maximum atomic E-state index is 11.4. The van der Waals surface area contributed by atoms with Gasteiger partial charge in [0.2, 0.25) is 5.91 Å². The third kappa shape index (κ3) is 3.38. The van der Waals surface area contributed by atoms with E-state index in [1.165, 1.54) is 12.1 Å². The molecule has 6 nitrogen and oxygen atoms in total. The van der Waals surface area contributed by atoms with Crippen molar-refractivity contribution in [2.45, 2.75) is 6.92 Å². The van der Waals surface area contributed by atoms with Crippen LogP contribution in [0.2, 0.25) is 0 Å². The number of likely N-dealkylation sites (N-methyl/N-ethyl adjacent to an activating group) is 2. The fourth-order valence-electron chi connectivity index (χ4n) is 1.53. The first-order valence-electron chi connectivity index (χ1n) is 5.56. The number of amides is 1. The summed E-state index contributed by atoms with van der Waals surface area (Å²) >= 11 is 0. The van der Waals surface area contributed by atoms with Gasteiger partial charge in [-0.25, -0.2) is 4.79 Å². The molecule has 1 aromatic rings. The van der Waals surface area contributed by atoms with Crippen molar-refractivity contribution in [2.24, 2.45) is 0 Å². The molecule has 0 unspecified atom stereocenters. The lowest BCUT2D eigenvalue weighted by Crippen LogP contribution is -2.35. The minimum absolute atomic E-state index is 0.0373. The van der Waals surface area contributed by atoms with E-state index in [9.17, 15) is 9.59 Å². The first-order valence-corrected chi connectivity index (χ1v) is 5.56. The summed E-state index contributed by atoms with van der Waals surface area (Å²) in [7, 11) is 1.71. The molecule has 0 aliphatic heterocycles. The van der Waals surface area contributed by atoms with Gasteiger partial charge in [0.05, 0.1) is 12.1 Å². The first-order chi connectivity index (χ1) is 8.45. The summed E-state index contributed by atoms with van der Waals surface area (Å²) in [6.45, 7) is 2.56. The van der Waals surface area contributed by atoms with Crippen molar-refractivity contribution in [1.29, 1.82) is 0 Å². The van der Waals surface area contributed by atoms with Crippen molar-refractivity contribution in [2.75, 3.05) is 30.8 Å². The molecule has 0 spiro atoms. The Morgan fingerprint density at radius 3 is 2.67 bits per heavy atom. The number of benzene rings is 1. The number of nitrogens with two attached hydrogens (primary N) is 1. The Balaban J connectivity index is 2.86. The van der Waals surface area contributed by atoms with E-state index < -0.39 is 5.97 Å². The fraction of sp³-hybridized carbons (Fsp3) is 0.333. The zero-order valence-corrected chi connectivity index (χ0v) is 10.4. The van der Waals surface area contributed by atoms with Crippen LogP contribution in [0.3, 0.4) is 0 Å². The van der Waals surface area contributed by atoms with Gasteiger partial charge < -0.3 is 21.1 Å². The molecule has 4 N–H and O–H groups in total. The second-order valence-corrected chi connectivity index (χ2v) is 3.89. The molecule has 0 fully saturated rings. The number of carboxylic acid groups (broad SMARTS) is 1. The molecule has 6 heteroatoms. The zero-order valence-electron chi connectivity index (χ0n) is 10.4. The van der Waals surface area contributed by atoms with Crippen LogP contribution < -0.4 is 16.0 Å². The highest BCUT2D eigenvalue weighted by molar-refractivity contribution is 5.95. The molecular weight excluding hydrogens is 234 g/mol. The molecule has 1 rings (SSSR count). The number of hydrogen-bond acceptors (Lipinski definition) is 4. The maximum absolute atomic E-state index is 11.4.